The van der Waals surface area contributed by atoms with Gasteiger partial charge in [-0.25, -0.2) is 0 Å². The zero-order chi connectivity index (χ0) is 19.0. The van der Waals surface area contributed by atoms with Crippen LogP contribution in [0.4, 0.5) is 0 Å². The Morgan fingerprint density at radius 2 is 1.89 bits per heavy atom. The van der Waals surface area contributed by atoms with Crippen LogP contribution in [0, 0.1) is 13.8 Å². The van der Waals surface area contributed by atoms with Crippen molar-refractivity contribution in [1.29, 1.82) is 0 Å². The number of hydrogen-bond acceptors (Lipinski definition) is 3. The number of carbonyl (C=O) groups excluding carboxylic acids is 1. The molecule has 0 atom stereocenters. The molecule has 0 radical (unpaired) electrons. The molecule has 5 nitrogen and oxygen atoms in total. The van der Waals surface area contributed by atoms with Crippen molar-refractivity contribution in [3.63, 3.8) is 0 Å². The van der Waals surface area contributed by atoms with Crippen LogP contribution in [0.3, 0.4) is 0 Å². The lowest BCUT2D eigenvalue weighted by atomic mass is 10.0. The highest BCUT2D eigenvalue weighted by Crippen LogP contribution is 2.35. The number of rotatable bonds is 6. The summed E-state index contributed by atoms with van der Waals surface area (Å²) in [6.07, 6.45) is 3.44. The Morgan fingerprint density at radius 3 is 2.56 bits per heavy atom. The topological polar surface area (TPSA) is 51.5 Å². The normalized spacial score (nSPS) is 16.9. The first kappa shape index (κ1) is 17.8. The van der Waals surface area contributed by atoms with Gasteiger partial charge in [-0.15, -0.1) is 0 Å². The quantitative estimate of drug-likeness (QED) is 0.790. The molecule has 2 aromatic rings. The summed E-state index contributed by atoms with van der Waals surface area (Å²) in [7, 11) is 0. The van der Waals surface area contributed by atoms with Gasteiger partial charge in [0.15, 0.2) is 0 Å². The molecular weight excluding hydrogens is 340 g/mol. The van der Waals surface area contributed by atoms with E-state index in [0.29, 0.717) is 31.3 Å². The second-order valence-electron chi connectivity index (χ2n) is 7.74. The molecular formula is C22H26N2O3. The number of nitrogens with zero attached hydrogens (tertiary/aromatic N) is 2. The number of amides is 1. The van der Waals surface area contributed by atoms with Gasteiger partial charge in [0.05, 0.1) is 13.1 Å². The Morgan fingerprint density at radius 1 is 1.15 bits per heavy atom. The molecule has 5 heteroatoms. The van der Waals surface area contributed by atoms with Gasteiger partial charge in [0.1, 0.15) is 11.9 Å². The standard InChI is InChI=1S/C22H26N2O3/c1-15-5-3-4-6-17(15)7-10-21(25)23-13-20(14-23)27-19-11-16(2)24(18-8-9-18)22(26)12-19/h3-6,11-12,18,20H,7-10,13-14H2,1-2H3. The molecule has 2 aliphatic rings. The van der Waals surface area contributed by atoms with Crippen LogP contribution in [0.5, 0.6) is 5.75 Å². The summed E-state index contributed by atoms with van der Waals surface area (Å²) in [6, 6.07) is 12.1. The van der Waals surface area contributed by atoms with Gasteiger partial charge in [-0.3, -0.25) is 9.59 Å². The average Bonchev–Trinajstić information content (AvgIpc) is 3.41. The largest absolute Gasteiger partial charge is 0.486 e. The van der Waals surface area contributed by atoms with Crippen molar-refractivity contribution in [3.05, 3.63) is 63.6 Å². The number of pyridine rings is 1. The molecule has 27 heavy (non-hydrogen) atoms. The van der Waals surface area contributed by atoms with Crippen molar-refractivity contribution in [3.8, 4) is 5.75 Å². The maximum Gasteiger partial charge on any atom is 0.254 e. The molecule has 1 aliphatic heterocycles. The number of likely N-dealkylation sites (tertiary alicyclic amines) is 1. The fourth-order valence-electron chi connectivity index (χ4n) is 3.75. The van der Waals surface area contributed by atoms with Crippen LogP contribution >= 0.6 is 0 Å². The third kappa shape index (κ3) is 3.92. The lowest BCUT2D eigenvalue weighted by molar-refractivity contribution is -0.139. The molecule has 0 N–H and O–H groups in total. The molecule has 1 saturated heterocycles. The molecule has 142 valence electrons. The molecule has 0 unspecified atom stereocenters. The smallest absolute Gasteiger partial charge is 0.254 e. The fraction of sp³-hybridized carbons (Fsp3) is 0.455. The predicted octanol–water partition coefficient (Wildman–Crippen LogP) is 3.02. The monoisotopic (exact) mass is 366 g/mol. The van der Waals surface area contributed by atoms with Gasteiger partial charge in [-0.2, -0.15) is 0 Å². The summed E-state index contributed by atoms with van der Waals surface area (Å²) >= 11 is 0. The van der Waals surface area contributed by atoms with Crippen molar-refractivity contribution >= 4 is 5.91 Å². The van der Waals surface area contributed by atoms with Gasteiger partial charge in [0.2, 0.25) is 5.91 Å². The number of carbonyl (C=O) groups is 1. The Bertz CT molecular complexity index is 908. The maximum atomic E-state index is 12.4. The number of hydrogen-bond donors (Lipinski definition) is 0. The van der Waals surface area contributed by atoms with E-state index in [1.54, 1.807) is 6.07 Å². The highest BCUT2D eigenvalue weighted by Gasteiger charge is 2.32. The molecule has 2 heterocycles. The lowest BCUT2D eigenvalue weighted by Gasteiger charge is -2.39. The summed E-state index contributed by atoms with van der Waals surface area (Å²) in [5.41, 5.74) is 3.42. The summed E-state index contributed by atoms with van der Waals surface area (Å²) in [4.78, 5) is 26.5. The van der Waals surface area contributed by atoms with Crippen LogP contribution in [0.15, 0.2) is 41.2 Å². The molecule has 0 bridgehead atoms. The van der Waals surface area contributed by atoms with E-state index >= 15 is 0 Å². The van der Waals surface area contributed by atoms with E-state index in [4.69, 9.17) is 4.74 Å². The van der Waals surface area contributed by atoms with E-state index in [2.05, 4.69) is 19.1 Å². The van der Waals surface area contributed by atoms with E-state index < -0.39 is 0 Å². The summed E-state index contributed by atoms with van der Waals surface area (Å²) < 4.78 is 7.78. The van der Waals surface area contributed by atoms with Crippen LogP contribution in [-0.4, -0.2) is 34.6 Å². The second kappa shape index (κ2) is 7.22. The van der Waals surface area contributed by atoms with Crippen LogP contribution < -0.4 is 10.3 Å². The minimum Gasteiger partial charge on any atom is -0.486 e. The third-order valence-corrected chi connectivity index (χ3v) is 5.52. The highest BCUT2D eigenvalue weighted by molar-refractivity contribution is 5.77. The number of benzene rings is 1. The van der Waals surface area contributed by atoms with E-state index in [1.807, 2.05) is 34.6 Å². The SMILES string of the molecule is Cc1ccccc1CCC(=O)N1CC(Oc2cc(C)n(C3CC3)c(=O)c2)C1. The number of ether oxygens (including phenoxy) is 1. The molecule has 1 aromatic carbocycles. The maximum absolute atomic E-state index is 12.4. The summed E-state index contributed by atoms with van der Waals surface area (Å²) in [5.74, 6) is 0.782. The van der Waals surface area contributed by atoms with Crippen LogP contribution in [0.25, 0.3) is 0 Å². The van der Waals surface area contributed by atoms with Gasteiger partial charge >= 0.3 is 0 Å². The Labute approximate surface area is 159 Å². The zero-order valence-corrected chi connectivity index (χ0v) is 16.0. The van der Waals surface area contributed by atoms with Crippen molar-refractivity contribution in [2.75, 3.05) is 13.1 Å². The van der Waals surface area contributed by atoms with Crippen molar-refractivity contribution < 1.29 is 9.53 Å². The first-order valence-corrected chi connectivity index (χ1v) is 9.73. The lowest BCUT2D eigenvalue weighted by Crippen LogP contribution is -2.56. The van der Waals surface area contributed by atoms with Gasteiger partial charge in [-0.05, 0) is 50.3 Å². The van der Waals surface area contributed by atoms with Gasteiger partial charge in [0, 0.05) is 24.2 Å². The van der Waals surface area contributed by atoms with E-state index in [1.165, 1.54) is 11.1 Å². The fourth-order valence-corrected chi connectivity index (χ4v) is 3.75. The van der Waals surface area contributed by atoms with Crippen LogP contribution in [-0.2, 0) is 11.2 Å². The minimum atomic E-state index is -0.0250. The van der Waals surface area contributed by atoms with E-state index in [0.717, 1.165) is 25.0 Å². The first-order valence-electron chi connectivity index (χ1n) is 9.73. The Kier molecular flexibility index (Phi) is 4.77. The molecule has 1 saturated carbocycles. The second-order valence-corrected chi connectivity index (χ2v) is 7.74. The van der Waals surface area contributed by atoms with Gasteiger partial charge < -0.3 is 14.2 Å². The molecule has 4 rings (SSSR count). The molecule has 2 fully saturated rings. The minimum absolute atomic E-state index is 0.0120. The van der Waals surface area contributed by atoms with Gasteiger partial charge in [0.25, 0.3) is 5.56 Å². The Hall–Kier alpha value is -2.56. The average molecular weight is 366 g/mol. The molecule has 0 spiro atoms. The Balaban J connectivity index is 1.28. The van der Waals surface area contributed by atoms with Crippen molar-refractivity contribution in [2.45, 2.75) is 51.7 Å². The number of aryl methyl sites for hydroxylation is 3. The van der Waals surface area contributed by atoms with Gasteiger partial charge in [-0.1, -0.05) is 24.3 Å². The van der Waals surface area contributed by atoms with Crippen molar-refractivity contribution in [1.82, 2.24) is 9.47 Å². The predicted molar refractivity (Wildman–Crippen MR) is 104 cm³/mol. The van der Waals surface area contributed by atoms with Crippen LogP contribution in [0.1, 0.15) is 42.1 Å². The molecule has 1 amide bonds. The summed E-state index contributed by atoms with van der Waals surface area (Å²) in [6.45, 7) is 5.22. The number of aromatic nitrogens is 1. The van der Waals surface area contributed by atoms with Crippen LogP contribution in [0.2, 0.25) is 0 Å². The molecule has 1 aromatic heterocycles. The van der Waals surface area contributed by atoms with E-state index in [-0.39, 0.29) is 17.6 Å². The third-order valence-electron chi connectivity index (χ3n) is 5.52. The van der Waals surface area contributed by atoms with E-state index in [9.17, 15) is 9.59 Å². The first-order chi connectivity index (χ1) is 13.0. The molecule has 1 aliphatic carbocycles. The van der Waals surface area contributed by atoms with Crippen molar-refractivity contribution in [2.24, 2.45) is 0 Å². The highest BCUT2D eigenvalue weighted by atomic mass is 16.5. The summed E-state index contributed by atoms with van der Waals surface area (Å²) in [5, 5.41) is 0. The zero-order valence-electron chi connectivity index (χ0n) is 16.0.